The van der Waals surface area contributed by atoms with E-state index in [0.717, 1.165) is 25.8 Å². The molecule has 2 amide bonds. The molecule has 0 rings (SSSR count). The Balaban J connectivity index is 4.31. The van der Waals surface area contributed by atoms with Gasteiger partial charge in [0.2, 0.25) is 0 Å². The first-order chi connectivity index (χ1) is 7.76. The number of carbonyl (C=O) groups excluding carboxylic acids is 1. The number of urea groups is 1. The van der Waals surface area contributed by atoms with Crippen molar-refractivity contribution in [3.63, 3.8) is 0 Å². The van der Waals surface area contributed by atoms with Crippen molar-refractivity contribution in [2.45, 2.75) is 39.2 Å². The molecular formula is C12H27N3O2. The van der Waals surface area contributed by atoms with Crippen molar-refractivity contribution in [2.75, 3.05) is 27.2 Å². The van der Waals surface area contributed by atoms with Crippen LogP contribution in [0, 0.1) is 5.41 Å². The zero-order chi connectivity index (χ0) is 13.5. The van der Waals surface area contributed by atoms with Crippen LogP contribution < -0.4 is 11.1 Å². The van der Waals surface area contributed by atoms with E-state index < -0.39 is 6.03 Å². The fourth-order valence-electron chi connectivity index (χ4n) is 1.91. The Morgan fingerprint density at radius 1 is 1.47 bits per heavy atom. The van der Waals surface area contributed by atoms with Gasteiger partial charge in [0, 0.05) is 12.6 Å². The smallest absolute Gasteiger partial charge is 0.312 e. The van der Waals surface area contributed by atoms with E-state index in [1.165, 1.54) is 0 Å². The predicted octanol–water partition coefficient (Wildman–Crippen LogP) is 0.774. The van der Waals surface area contributed by atoms with Crippen molar-refractivity contribution in [2.24, 2.45) is 11.1 Å². The summed E-state index contributed by atoms with van der Waals surface area (Å²) in [5.74, 6) is 0. The Bertz CT molecular complexity index is 230. The summed E-state index contributed by atoms with van der Waals surface area (Å²) >= 11 is 0. The fourth-order valence-corrected chi connectivity index (χ4v) is 1.91. The van der Waals surface area contributed by atoms with Crippen molar-refractivity contribution < 1.29 is 9.90 Å². The zero-order valence-electron chi connectivity index (χ0n) is 11.5. The molecule has 0 aromatic rings. The molecule has 0 aliphatic heterocycles. The summed E-state index contributed by atoms with van der Waals surface area (Å²) in [6.07, 6.45) is 2.42. The molecule has 0 heterocycles. The van der Waals surface area contributed by atoms with E-state index in [4.69, 9.17) is 10.8 Å². The second kappa shape index (κ2) is 7.50. The summed E-state index contributed by atoms with van der Waals surface area (Å²) in [5, 5.41) is 11.8. The van der Waals surface area contributed by atoms with E-state index >= 15 is 0 Å². The Labute approximate surface area is 104 Å². The van der Waals surface area contributed by atoms with Gasteiger partial charge in [-0.05, 0) is 45.3 Å². The molecule has 1 unspecified atom stereocenters. The van der Waals surface area contributed by atoms with E-state index in [1.807, 2.05) is 14.1 Å². The van der Waals surface area contributed by atoms with E-state index in [2.05, 4.69) is 24.1 Å². The van der Waals surface area contributed by atoms with Gasteiger partial charge < -0.3 is 21.1 Å². The SMILES string of the molecule is CN(C)CCC(CC(C)(C)CCO)NC(N)=O. The first kappa shape index (κ1) is 16.2. The van der Waals surface area contributed by atoms with Gasteiger partial charge in [-0.1, -0.05) is 13.8 Å². The van der Waals surface area contributed by atoms with Gasteiger partial charge in [0.15, 0.2) is 0 Å². The number of nitrogens with zero attached hydrogens (tertiary/aromatic N) is 1. The number of hydrogen-bond acceptors (Lipinski definition) is 3. The monoisotopic (exact) mass is 245 g/mol. The molecule has 17 heavy (non-hydrogen) atoms. The second-order valence-electron chi connectivity index (χ2n) is 5.64. The van der Waals surface area contributed by atoms with Crippen LogP contribution in [-0.2, 0) is 0 Å². The van der Waals surface area contributed by atoms with Crippen LogP contribution in [0.15, 0.2) is 0 Å². The van der Waals surface area contributed by atoms with Crippen LogP contribution in [-0.4, -0.2) is 49.3 Å². The zero-order valence-corrected chi connectivity index (χ0v) is 11.5. The molecule has 0 fully saturated rings. The van der Waals surface area contributed by atoms with Gasteiger partial charge in [-0.3, -0.25) is 0 Å². The molecule has 4 N–H and O–H groups in total. The molecule has 0 saturated carbocycles. The summed E-state index contributed by atoms with van der Waals surface area (Å²) in [4.78, 5) is 13.0. The van der Waals surface area contributed by atoms with Gasteiger partial charge in [0.05, 0.1) is 0 Å². The summed E-state index contributed by atoms with van der Waals surface area (Å²) in [7, 11) is 4.00. The van der Waals surface area contributed by atoms with Crippen LogP contribution in [0.4, 0.5) is 4.79 Å². The Morgan fingerprint density at radius 2 is 2.06 bits per heavy atom. The third-order valence-corrected chi connectivity index (χ3v) is 2.86. The highest BCUT2D eigenvalue weighted by Gasteiger charge is 2.23. The number of hydrogen-bond donors (Lipinski definition) is 3. The van der Waals surface area contributed by atoms with Gasteiger partial charge in [-0.25, -0.2) is 4.79 Å². The van der Waals surface area contributed by atoms with Crippen molar-refractivity contribution in [1.29, 1.82) is 0 Å². The van der Waals surface area contributed by atoms with E-state index in [9.17, 15) is 4.79 Å². The number of nitrogens with one attached hydrogen (secondary N) is 1. The maximum atomic E-state index is 10.9. The molecule has 0 radical (unpaired) electrons. The van der Waals surface area contributed by atoms with Gasteiger partial charge in [-0.2, -0.15) is 0 Å². The average molecular weight is 245 g/mol. The minimum Gasteiger partial charge on any atom is -0.396 e. The number of primary amides is 1. The highest BCUT2D eigenvalue weighted by atomic mass is 16.3. The lowest BCUT2D eigenvalue weighted by atomic mass is 9.82. The molecule has 0 aromatic carbocycles. The first-order valence-electron chi connectivity index (χ1n) is 6.08. The summed E-state index contributed by atoms with van der Waals surface area (Å²) in [6.45, 7) is 5.26. The molecule has 0 saturated heterocycles. The van der Waals surface area contributed by atoms with Crippen molar-refractivity contribution in [3.05, 3.63) is 0 Å². The normalized spacial score (nSPS) is 13.8. The summed E-state index contributed by atoms with van der Waals surface area (Å²) in [6, 6.07) is -0.412. The molecule has 0 bridgehead atoms. The Kier molecular flexibility index (Phi) is 7.15. The lowest BCUT2D eigenvalue weighted by Gasteiger charge is -2.30. The number of rotatable bonds is 8. The lowest BCUT2D eigenvalue weighted by molar-refractivity contribution is 0.180. The number of aliphatic hydroxyl groups is 1. The number of carbonyl (C=O) groups is 1. The Morgan fingerprint density at radius 3 is 2.47 bits per heavy atom. The van der Waals surface area contributed by atoms with Crippen LogP contribution in [0.25, 0.3) is 0 Å². The molecular weight excluding hydrogens is 218 g/mol. The average Bonchev–Trinajstić information content (AvgIpc) is 2.12. The highest BCUT2D eigenvalue weighted by Crippen LogP contribution is 2.27. The van der Waals surface area contributed by atoms with Crippen LogP contribution in [0.1, 0.15) is 33.1 Å². The molecule has 5 nitrogen and oxygen atoms in total. The molecule has 5 heteroatoms. The minimum atomic E-state index is -0.478. The van der Waals surface area contributed by atoms with Gasteiger partial charge in [0.1, 0.15) is 0 Å². The molecule has 102 valence electrons. The third kappa shape index (κ3) is 8.94. The standard InChI is InChI=1S/C12H27N3O2/c1-12(2,6-8-16)9-10(14-11(13)17)5-7-15(3)4/h10,16H,5-9H2,1-4H3,(H3,13,14,17). The molecule has 0 aromatic heterocycles. The van der Waals surface area contributed by atoms with Crippen LogP contribution in [0.3, 0.4) is 0 Å². The first-order valence-corrected chi connectivity index (χ1v) is 6.08. The quantitative estimate of drug-likeness (QED) is 0.591. The molecule has 0 aliphatic rings. The minimum absolute atomic E-state index is 0.00811. The summed E-state index contributed by atoms with van der Waals surface area (Å²) < 4.78 is 0. The van der Waals surface area contributed by atoms with E-state index in [-0.39, 0.29) is 18.1 Å². The molecule has 0 spiro atoms. The Hall–Kier alpha value is -0.810. The van der Waals surface area contributed by atoms with Crippen molar-refractivity contribution in [3.8, 4) is 0 Å². The van der Waals surface area contributed by atoms with Crippen LogP contribution in [0.5, 0.6) is 0 Å². The third-order valence-electron chi connectivity index (χ3n) is 2.86. The van der Waals surface area contributed by atoms with Gasteiger partial charge in [0.25, 0.3) is 0 Å². The number of aliphatic hydroxyl groups excluding tert-OH is 1. The second-order valence-corrected chi connectivity index (χ2v) is 5.64. The van der Waals surface area contributed by atoms with Crippen LogP contribution in [0.2, 0.25) is 0 Å². The largest absolute Gasteiger partial charge is 0.396 e. The maximum absolute atomic E-state index is 10.9. The van der Waals surface area contributed by atoms with Crippen molar-refractivity contribution >= 4 is 6.03 Å². The van der Waals surface area contributed by atoms with Gasteiger partial charge >= 0.3 is 6.03 Å². The highest BCUT2D eigenvalue weighted by molar-refractivity contribution is 5.71. The van der Waals surface area contributed by atoms with Crippen molar-refractivity contribution in [1.82, 2.24) is 10.2 Å². The molecule has 0 aliphatic carbocycles. The van der Waals surface area contributed by atoms with E-state index in [1.54, 1.807) is 0 Å². The van der Waals surface area contributed by atoms with Crippen LogP contribution >= 0.6 is 0 Å². The predicted molar refractivity (Wildman–Crippen MR) is 69.8 cm³/mol. The molecule has 1 atom stereocenters. The van der Waals surface area contributed by atoms with E-state index in [0.29, 0.717) is 0 Å². The number of amides is 2. The maximum Gasteiger partial charge on any atom is 0.312 e. The topological polar surface area (TPSA) is 78.6 Å². The summed E-state index contributed by atoms with van der Waals surface area (Å²) in [5.41, 5.74) is 5.19. The number of nitrogens with two attached hydrogens (primary N) is 1. The lowest BCUT2D eigenvalue weighted by Crippen LogP contribution is -2.42. The van der Waals surface area contributed by atoms with Gasteiger partial charge in [-0.15, -0.1) is 0 Å². The fraction of sp³-hybridized carbons (Fsp3) is 0.917.